The van der Waals surface area contributed by atoms with Crippen LogP contribution in [0.5, 0.6) is 5.75 Å². The molecule has 2 rings (SSSR count). The minimum atomic E-state index is -0.624. The molecule has 6 nitrogen and oxygen atoms in total. The number of amides is 1. The van der Waals surface area contributed by atoms with Crippen molar-refractivity contribution in [2.45, 2.75) is 0 Å². The molecule has 0 spiro atoms. The van der Waals surface area contributed by atoms with Crippen molar-refractivity contribution in [2.75, 3.05) is 5.32 Å². The predicted molar refractivity (Wildman–Crippen MR) is 81.9 cm³/mol. The molecule has 0 heterocycles. The summed E-state index contributed by atoms with van der Waals surface area (Å²) >= 11 is 9.14. The molecule has 0 aliphatic carbocycles. The van der Waals surface area contributed by atoms with Crippen molar-refractivity contribution in [3.05, 3.63) is 61.6 Å². The number of carbonyl (C=O) groups excluding carboxylic acids is 1. The Morgan fingerprint density at radius 2 is 2.00 bits per heavy atom. The van der Waals surface area contributed by atoms with E-state index in [1.54, 1.807) is 6.07 Å². The number of anilines is 1. The van der Waals surface area contributed by atoms with E-state index in [-0.39, 0.29) is 27.7 Å². The summed E-state index contributed by atoms with van der Waals surface area (Å²) in [6.07, 6.45) is 0. The van der Waals surface area contributed by atoms with Crippen LogP contribution in [0.4, 0.5) is 11.4 Å². The molecule has 108 valence electrons. The fraction of sp³-hybridized carbons (Fsp3) is 0. The molecule has 0 saturated carbocycles. The van der Waals surface area contributed by atoms with Crippen LogP contribution in [0.1, 0.15) is 10.4 Å². The number of nitro benzene ring substituents is 1. The van der Waals surface area contributed by atoms with Crippen LogP contribution in [-0.4, -0.2) is 15.9 Å². The van der Waals surface area contributed by atoms with E-state index in [0.29, 0.717) is 4.47 Å². The molecule has 8 heteroatoms. The SMILES string of the molecule is O=C(Nc1cc([N+](=O)[O-])ccc1O)c1cc(Br)ccc1Cl. The van der Waals surface area contributed by atoms with Gasteiger partial charge in [0.05, 0.1) is 21.2 Å². The molecule has 0 fully saturated rings. The second-order valence-electron chi connectivity index (χ2n) is 4.04. The Kier molecular flexibility index (Phi) is 4.44. The first-order valence-corrected chi connectivity index (χ1v) is 6.79. The summed E-state index contributed by atoms with van der Waals surface area (Å²) in [5.41, 5.74) is -0.134. The summed E-state index contributed by atoms with van der Waals surface area (Å²) in [5, 5.41) is 23.0. The predicted octanol–water partition coefficient (Wildman–Crippen LogP) is 3.97. The maximum absolute atomic E-state index is 12.1. The number of rotatable bonds is 3. The lowest BCUT2D eigenvalue weighted by Crippen LogP contribution is -2.12. The van der Waals surface area contributed by atoms with E-state index in [2.05, 4.69) is 21.2 Å². The molecule has 0 aromatic heterocycles. The Morgan fingerprint density at radius 3 is 2.67 bits per heavy atom. The zero-order valence-corrected chi connectivity index (χ0v) is 12.7. The molecule has 0 unspecified atom stereocenters. The van der Waals surface area contributed by atoms with E-state index in [1.165, 1.54) is 12.1 Å². The third-order valence-corrected chi connectivity index (χ3v) is 3.44. The summed E-state index contributed by atoms with van der Waals surface area (Å²) in [4.78, 5) is 22.2. The molecule has 0 bridgehead atoms. The van der Waals surface area contributed by atoms with E-state index in [4.69, 9.17) is 11.6 Å². The second-order valence-corrected chi connectivity index (χ2v) is 5.36. The van der Waals surface area contributed by atoms with Gasteiger partial charge in [-0.05, 0) is 24.3 Å². The summed E-state index contributed by atoms with van der Waals surface area (Å²) in [7, 11) is 0. The molecule has 0 aliphatic heterocycles. The zero-order valence-electron chi connectivity index (χ0n) is 10.3. The maximum atomic E-state index is 12.1. The van der Waals surface area contributed by atoms with Gasteiger partial charge >= 0.3 is 0 Å². The van der Waals surface area contributed by atoms with Crippen LogP contribution in [0.2, 0.25) is 5.02 Å². The highest BCUT2D eigenvalue weighted by molar-refractivity contribution is 9.10. The first kappa shape index (κ1) is 15.3. The number of carbonyl (C=O) groups is 1. The van der Waals surface area contributed by atoms with Gasteiger partial charge in [-0.2, -0.15) is 0 Å². The molecule has 1 amide bonds. The molecule has 21 heavy (non-hydrogen) atoms. The Morgan fingerprint density at radius 1 is 1.29 bits per heavy atom. The van der Waals surface area contributed by atoms with Crippen molar-refractivity contribution >= 4 is 44.8 Å². The summed E-state index contributed by atoms with van der Waals surface area (Å²) in [6, 6.07) is 8.05. The standard InChI is InChI=1S/C13H8BrClN2O4/c14-7-1-3-10(15)9(5-7)13(19)16-11-6-8(17(20)21)2-4-12(11)18/h1-6,18H,(H,16,19). The normalized spacial score (nSPS) is 10.2. The topological polar surface area (TPSA) is 92.5 Å². The molecule has 2 aromatic rings. The molecule has 0 saturated heterocycles. The molecular weight excluding hydrogens is 364 g/mol. The fourth-order valence-electron chi connectivity index (χ4n) is 1.60. The van der Waals surface area contributed by atoms with Gasteiger partial charge in [-0.25, -0.2) is 0 Å². The second kappa shape index (κ2) is 6.11. The van der Waals surface area contributed by atoms with Gasteiger partial charge in [-0.1, -0.05) is 27.5 Å². The van der Waals surface area contributed by atoms with Gasteiger partial charge < -0.3 is 10.4 Å². The van der Waals surface area contributed by atoms with Gasteiger partial charge in [-0.15, -0.1) is 0 Å². The minimum absolute atomic E-state index is 0.0646. The van der Waals surface area contributed by atoms with E-state index in [1.807, 2.05) is 0 Å². The average molecular weight is 372 g/mol. The average Bonchev–Trinajstić information content (AvgIpc) is 2.43. The molecular formula is C13H8BrClN2O4. The Labute approximate surface area is 132 Å². The van der Waals surface area contributed by atoms with Crippen molar-refractivity contribution in [1.29, 1.82) is 0 Å². The largest absolute Gasteiger partial charge is 0.506 e. The summed E-state index contributed by atoms with van der Waals surface area (Å²) in [5.74, 6) is -0.864. The number of benzene rings is 2. The van der Waals surface area contributed by atoms with Crippen molar-refractivity contribution < 1.29 is 14.8 Å². The van der Waals surface area contributed by atoms with E-state index < -0.39 is 10.8 Å². The monoisotopic (exact) mass is 370 g/mol. The lowest BCUT2D eigenvalue weighted by Gasteiger charge is -2.08. The number of phenolic OH excluding ortho intramolecular Hbond substituents is 1. The van der Waals surface area contributed by atoms with E-state index in [0.717, 1.165) is 18.2 Å². The van der Waals surface area contributed by atoms with Crippen LogP contribution in [0.3, 0.4) is 0 Å². The summed E-state index contributed by atoms with van der Waals surface area (Å²) < 4.78 is 0.653. The number of aromatic hydroxyl groups is 1. The smallest absolute Gasteiger partial charge is 0.271 e. The van der Waals surface area contributed by atoms with Crippen LogP contribution >= 0.6 is 27.5 Å². The molecule has 2 N–H and O–H groups in total. The fourth-order valence-corrected chi connectivity index (χ4v) is 2.16. The van der Waals surface area contributed by atoms with Crippen LogP contribution in [0.25, 0.3) is 0 Å². The third kappa shape index (κ3) is 3.50. The van der Waals surface area contributed by atoms with Gasteiger partial charge in [0.2, 0.25) is 0 Å². The van der Waals surface area contributed by atoms with Gasteiger partial charge in [0.25, 0.3) is 11.6 Å². The first-order chi connectivity index (χ1) is 9.88. The van der Waals surface area contributed by atoms with Crippen molar-refractivity contribution in [2.24, 2.45) is 0 Å². The molecule has 0 radical (unpaired) electrons. The third-order valence-electron chi connectivity index (χ3n) is 2.61. The number of nitrogens with zero attached hydrogens (tertiary/aromatic N) is 1. The quantitative estimate of drug-likeness (QED) is 0.485. The van der Waals surface area contributed by atoms with E-state index in [9.17, 15) is 20.0 Å². The molecule has 2 aromatic carbocycles. The van der Waals surface area contributed by atoms with E-state index >= 15 is 0 Å². The Hall–Kier alpha value is -2.12. The van der Waals surface area contributed by atoms with Crippen LogP contribution in [0.15, 0.2) is 40.9 Å². The van der Waals surface area contributed by atoms with Gasteiger partial charge in [-0.3, -0.25) is 14.9 Å². The molecule has 0 aliphatic rings. The van der Waals surface area contributed by atoms with Gasteiger partial charge in [0, 0.05) is 16.6 Å². The number of phenols is 1. The number of hydrogen-bond acceptors (Lipinski definition) is 4. The van der Waals surface area contributed by atoms with Crippen molar-refractivity contribution in [3.63, 3.8) is 0 Å². The van der Waals surface area contributed by atoms with Crippen LogP contribution in [0, 0.1) is 10.1 Å². The minimum Gasteiger partial charge on any atom is -0.506 e. The first-order valence-electron chi connectivity index (χ1n) is 5.62. The van der Waals surface area contributed by atoms with Crippen molar-refractivity contribution in [3.8, 4) is 5.75 Å². The lowest BCUT2D eigenvalue weighted by molar-refractivity contribution is -0.384. The highest BCUT2D eigenvalue weighted by atomic mass is 79.9. The Balaban J connectivity index is 2.33. The number of halogens is 2. The zero-order chi connectivity index (χ0) is 15.6. The highest BCUT2D eigenvalue weighted by Crippen LogP contribution is 2.29. The number of non-ortho nitro benzene ring substituents is 1. The van der Waals surface area contributed by atoms with Crippen LogP contribution in [-0.2, 0) is 0 Å². The lowest BCUT2D eigenvalue weighted by atomic mass is 10.2. The number of nitro groups is 1. The van der Waals surface area contributed by atoms with Gasteiger partial charge in [0.15, 0.2) is 0 Å². The van der Waals surface area contributed by atoms with Gasteiger partial charge in [0.1, 0.15) is 5.75 Å². The Bertz CT molecular complexity index is 736. The molecule has 0 atom stereocenters. The highest BCUT2D eigenvalue weighted by Gasteiger charge is 2.16. The number of nitrogens with one attached hydrogen (secondary N) is 1. The summed E-state index contributed by atoms with van der Waals surface area (Å²) in [6.45, 7) is 0. The van der Waals surface area contributed by atoms with Crippen LogP contribution < -0.4 is 5.32 Å². The number of hydrogen-bond donors (Lipinski definition) is 2. The maximum Gasteiger partial charge on any atom is 0.271 e. The van der Waals surface area contributed by atoms with Crippen molar-refractivity contribution in [1.82, 2.24) is 0 Å².